The highest BCUT2D eigenvalue weighted by atomic mass is 16.5. The van der Waals surface area contributed by atoms with Crippen LogP contribution in [0.3, 0.4) is 0 Å². The Bertz CT molecular complexity index is 971. The first kappa shape index (κ1) is 22.3. The summed E-state index contributed by atoms with van der Waals surface area (Å²) in [6.07, 6.45) is 1.47. The molecular formula is C25H31N3O4. The van der Waals surface area contributed by atoms with Crippen molar-refractivity contribution in [3.05, 3.63) is 59.7 Å². The molecule has 2 aliphatic rings. The number of anilines is 1. The molecule has 7 heteroatoms. The van der Waals surface area contributed by atoms with E-state index in [1.165, 1.54) is 0 Å². The summed E-state index contributed by atoms with van der Waals surface area (Å²) in [5.41, 5.74) is 2.48. The monoisotopic (exact) mass is 437 g/mol. The van der Waals surface area contributed by atoms with Crippen LogP contribution < -0.4 is 10.1 Å². The number of rotatable bonds is 5. The van der Waals surface area contributed by atoms with Gasteiger partial charge in [0.25, 0.3) is 5.91 Å². The number of amides is 2. The molecule has 2 amide bonds. The smallest absolute Gasteiger partial charge is 0.253 e. The summed E-state index contributed by atoms with van der Waals surface area (Å²) in [7, 11) is 1.59. The van der Waals surface area contributed by atoms with Gasteiger partial charge in [0.05, 0.1) is 19.3 Å². The van der Waals surface area contributed by atoms with Gasteiger partial charge in [-0.25, -0.2) is 0 Å². The largest absolute Gasteiger partial charge is 0.497 e. The summed E-state index contributed by atoms with van der Waals surface area (Å²) in [6.45, 7) is 3.72. The van der Waals surface area contributed by atoms with E-state index in [9.17, 15) is 14.7 Å². The summed E-state index contributed by atoms with van der Waals surface area (Å²) in [5, 5.41) is 13.3. The summed E-state index contributed by atoms with van der Waals surface area (Å²) in [5.74, 6) is 0.582. The molecule has 2 aromatic carbocycles. The minimum Gasteiger partial charge on any atom is -0.497 e. The van der Waals surface area contributed by atoms with E-state index in [4.69, 9.17) is 4.74 Å². The van der Waals surface area contributed by atoms with Crippen molar-refractivity contribution >= 4 is 17.5 Å². The van der Waals surface area contributed by atoms with Gasteiger partial charge in [-0.2, -0.15) is 0 Å². The fourth-order valence-electron chi connectivity index (χ4n) is 4.79. The SMILES string of the molecule is COc1cccc(C(=O)N2CCC(N3C[C@H](O)C[C@H]3C(=O)Nc3cccc(C)c3)CC2)c1. The minimum absolute atomic E-state index is 0.00227. The molecule has 2 N–H and O–H groups in total. The van der Waals surface area contributed by atoms with Crippen LogP contribution in [0.15, 0.2) is 48.5 Å². The van der Waals surface area contributed by atoms with Crippen LogP contribution in [0, 0.1) is 6.92 Å². The molecule has 0 saturated carbocycles. The number of hydrogen-bond acceptors (Lipinski definition) is 5. The number of piperidine rings is 1. The maximum Gasteiger partial charge on any atom is 0.253 e. The second-order valence-corrected chi connectivity index (χ2v) is 8.72. The molecule has 2 fully saturated rings. The van der Waals surface area contributed by atoms with E-state index >= 15 is 0 Å². The minimum atomic E-state index is -0.514. The van der Waals surface area contributed by atoms with E-state index in [2.05, 4.69) is 10.2 Å². The Labute approximate surface area is 189 Å². The molecule has 0 aliphatic carbocycles. The van der Waals surface area contributed by atoms with Gasteiger partial charge in [-0.05, 0) is 62.1 Å². The summed E-state index contributed by atoms with van der Waals surface area (Å²) < 4.78 is 5.23. The molecule has 7 nitrogen and oxygen atoms in total. The van der Waals surface area contributed by atoms with E-state index in [0.29, 0.717) is 37.4 Å². The molecule has 2 atom stereocenters. The third-order valence-electron chi connectivity index (χ3n) is 6.44. The van der Waals surface area contributed by atoms with E-state index < -0.39 is 6.10 Å². The van der Waals surface area contributed by atoms with Gasteiger partial charge >= 0.3 is 0 Å². The summed E-state index contributed by atoms with van der Waals surface area (Å²) >= 11 is 0. The van der Waals surface area contributed by atoms with E-state index in [0.717, 1.165) is 24.1 Å². The Kier molecular flexibility index (Phi) is 6.77. The average Bonchev–Trinajstić information content (AvgIpc) is 3.20. The molecule has 0 unspecified atom stereocenters. The highest BCUT2D eigenvalue weighted by Gasteiger charge is 2.41. The maximum absolute atomic E-state index is 13.0. The van der Waals surface area contributed by atoms with Gasteiger partial charge in [0.2, 0.25) is 5.91 Å². The number of β-amino-alcohol motifs (C(OH)–C–C–N with tert-alkyl or cyclic N) is 1. The van der Waals surface area contributed by atoms with Crippen molar-refractivity contribution in [3.63, 3.8) is 0 Å². The van der Waals surface area contributed by atoms with E-state index in [1.807, 2.05) is 48.2 Å². The second-order valence-electron chi connectivity index (χ2n) is 8.72. The lowest BCUT2D eigenvalue weighted by Gasteiger charge is -2.39. The number of likely N-dealkylation sites (tertiary alicyclic amines) is 2. The normalized spacial score (nSPS) is 22.0. The first-order valence-electron chi connectivity index (χ1n) is 11.2. The van der Waals surface area contributed by atoms with E-state index in [-0.39, 0.29) is 23.9 Å². The van der Waals surface area contributed by atoms with Gasteiger partial charge < -0.3 is 20.1 Å². The molecule has 32 heavy (non-hydrogen) atoms. The zero-order chi connectivity index (χ0) is 22.7. The van der Waals surface area contributed by atoms with Crippen LogP contribution in [-0.2, 0) is 4.79 Å². The van der Waals surface area contributed by atoms with Gasteiger partial charge in [0.15, 0.2) is 0 Å². The number of aliphatic hydroxyl groups is 1. The predicted octanol–water partition coefficient (Wildman–Crippen LogP) is 2.68. The Balaban J connectivity index is 1.38. The maximum atomic E-state index is 13.0. The fourth-order valence-corrected chi connectivity index (χ4v) is 4.79. The topological polar surface area (TPSA) is 82.1 Å². The third kappa shape index (κ3) is 4.95. The lowest BCUT2D eigenvalue weighted by Crippen LogP contribution is -2.51. The van der Waals surface area contributed by atoms with Crippen LogP contribution in [0.5, 0.6) is 5.75 Å². The molecule has 0 spiro atoms. The molecule has 4 rings (SSSR count). The Hall–Kier alpha value is -2.90. The third-order valence-corrected chi connectivity index (χ3v) is 6.44. The first-order valence-corrected chi connectivity index (χ1v) is 11.2. The molecule has 170 valence electrons. The standard InChI is InChI=1S/C25H31N3O4/c1-17-5-3-7-19(13-17)26-24(30)23-15-21(29)16-28(23)20-9-11-27(12-10-20)25(31)18-6-4-8-22(14-18)32-2/h3-8,13-14,20-21,23,29H,9-12,15-16H2,1-2H3,(H,26,30)/t21-,23+/m1/s1. The van der Waals surface area contributed by atoms with Crippen molar-refractivity contribution in [2.45, 2.75) is 44.4 Å². The lowest BCUT2D eigenvalue weighted by molar-refractivity contribution is -0.121. The molecule has 0 bridgehead atoms. The number of aliphatic hydroxyl groups excluding tert-OH is 1. The number of carbonyl (C=O) groups excluding carboxylic acids is 2. The van der Waals surface area contributed by atoms with Gasteiger partial charge in [-0.3, -0.25) is 14.5 Å². The Morgan fingerprint density at radius 3 is 2.56 bits per heavy atom. The fraction of sp³-hybridized carbons (Fsp3) is 0.440. The average molecular weight is 438 g/mol. The number of methoxy groups -OCH3 is 1. The van der Waals surface area contributed by atoms with Crippen LogP contribution in [0.2, 0.25) is 0 Å². The predicted molar refractivity (Wildman–Crippen MR) is 123 cm³/mol. The van der Waals surface area contributed by atoms with Gasteiger partial charge in [0.1, 0.15) is 5.75 Å². The molecule has 2 heterocycles. The quantitative estimate of drug-likeness (QED) is 0.752. The van der Waals surface area contributed by atoms with Crippen LogP contribution in [-0.4, -0.2) is 71.7 Å². The van der Waals surface area contributed by atoms with Crippen molar-refractivity contribution in [1.82, 2.24) is 9.80 Å². The number of hydrogen-bond donors (Lipinski definition) is 2. The number of benzene rings is 2. The van der Waals surface area contributed by atoms with Gasteiger partial charge in [-0.1, -0.05) is 18.2 Å². The van der Waals surface area contributed by atoms with Crippen LogP contribution >= 0.6 is 0 Å². The van der Waals surface area contributed by atoms with Crippen LogP contribution in [0.4, 0.5) is 5.69 Å². The summed E-state index contributed by atoms with van der Waals surface area (Å²) in [6, 6.07) is 14.7. The molecule has 2 aromatic rings. The molecule has 2 saturated heterocycles. The van der Waals surface area contributed by atoms with Gasteiger partial charge in [-0.15, -0.1) is 0 Å². The van der Waals surface area contributed by atoms with Gasteiger partial charge in [0, 0.05) is 36.9 Å². The Morgan fingerprint density at radius 1 is 1.09 bits per heavy atom. The number of nitrogens with zero attached hydrogens (tertiary/aromatic N) is 2. The zero-order valence-electron chi connectivity index (χ0n) is 18.7. The molecule has 2 aliphatic heterocycles. The highest BCUT2D eigenvalue weighted by Crippen LogP contribution is 2.28. The van der Waals surface area contributed by atoms with Crippen molar-refractivity contribution < 1.29 is 19.4 Å². The lowest BCUT2D eigenvalue weighted by atomic mass is 10.0. The number of ether oxygens (including phenoxy) is 1. The van der Waals surface area contributed by atoms with Crippen molar-refractivity contribution in [2.75, 3.05) is 32.1 Å². The van der Waals surface area contributed by atoms with Crippen molar-refractivity contribution in [3.8, 4) is 5.75 Å². The molecule has 0 aromatic heterocycles. The Morgan fingerprint density at radius 2 is 1.84 bits per heavy atom. The molecule has 0 radical (unpaired) electrons. The van der Waals surface area contributed by atoms with Crippen molar-refractivity contribution in [1.29, 1.82) is 0 Å². The zero-order valence-corrected chi connectivity index (χ0v) is 18.7. The second kappa shape index (κ2) is 9.71. The van der Waals surface area contributed by atoms with Crippen molar-refractivity contribution in [2.24, 2.45) is 0 Å². The first-order chi connectivity index (χ1) is 15.4. The van der Waals surface area contributed by atoms with Crippen LogP contribution in [0.1, 0.15) is 35.2 Å². The molecular weight excluding hydrogens is 406 g/mol. The number of carbonyl (C=O) groups is 2. The highest BCUT2D eigenvalue weighted by molar-refractivity contribution is 5.95. The van der Waals surface area contributed by atoms with Crippen LogP contribution in [0.25, 0.3) is 0 Å². The number of nitrogens with one attached hydrogen (secondary N) is 1. The summed E-state index contributed by atoms with van der Waals surface area (Å²) in [4.78, 5) is 29.9. The van der Waals surface area contributed by atoms with E-state index in [1.54, 1.807) is 19.2 Å². The number of aryl methyl sites for hydroxylation is 1.